The number of carbonyl (C=O) groups is 1. The highest BCUT2D eigenvalue weighted by atomic mass is 16.5. The fourth-order valence-electron chi connectivity index (χ4n) is 2.27. The van der Waals surface area contributed by atoms with E-state index in [0.29, 0.717) is 22.8 Å². The van der Waals surface area contributed by atoms with Crippen LogP contribution in [0.25, 0.3) is 11.4 Å². The molecule has 0 bridgehead atoms. The summed E-state index contributed by atoms with van der Waals surface area (Å²) in [5.41, 5.74) is 3.07. The average Bonchev–Trinajstić information content (AvgIpc) is 3.03. The van der Waals surface area contributed by atoms with Gasteiger partial charge in [-0.2, -0.15) is 0 Å². The minimum atomic E-state index is -0.237. The Hall–Kier alpha value is -2.95. The zero-order chi connectivity index (χ0) is 17.2. The maximum absolute atomic E-state index is 12.3. The van der Waals surface area contributed by atoms with Crippen LogP contribution < -0.4 is 5.32 Å². The molecular formula is C19H19N3O2. The summed E-state index contributed by atoms with van der Waals surface area (Å²) in [4.78, 5) is 16.5. The Morgan fingerprint density at radius 3 is 2.42 bits per heavy atom. The predicted molar refractivity (Wildman–Crippen MR) is 92.8 cm³/mol. The number of anilines is 1. The average molecular weight is 321 g/mol. The molecule has 5 heteroatoms. The molecule has 0 saturated carbocycles. The van der Waals surface area contributed by atoms with E-state index in [1.54, 1.807) is 12.3 Å². The lowest BCUT2D eigenvalue weighted by Gasteiger charge is -2.18. The van der Waals surface area contributed by atoms with Crippen molar-refractivity contribution in [3.8, 4) is 11.4 Å². The molecule has 3 aromatic rings. The van der Waals surface area contributed by atoms with E-state index in [-0.39, 0.29) is 11.3 Å². The highest BCUT2D eigenvalue weighted by Crippen LogP contribution is 2.23. The molecule has 24 heavy (non-hydrogen) atoms. The van der Waals surface area contributed by atoms with Gasteiger partial charge in [0.2, 0.25) is 5.88 Å². The summed E-state index contributed by atoms with van der Waals surface area (Å²) in [6.07, 6.45) is 1.68. The molecular weight excluding hydrogens is 302 g/mol. The summed E-state index contributed by atoms with van der Waals surface area (Å²) in [7, 11) is 0. The third-order valence-electron chi connectivity index (χ3n) is 3.69. The third kappa shape index (κ3) is 3.51. The second-order valence-corrected chi connectivity index (χ2v) is 6.57. The molecule has 0 aliphatic carbocycles. The van der Waals surface area contributed by atoms with Gasteiger partial charge in [-0.25, -0.2) is 0 Å². The quantitative estimate of drug-likeness (QED) is 0.781. The van der Waals surface area contributed by atoms with Crippen LogP contribution in [0.15, 0.2) is 59.3 Å². The van der Waals surface area contributed by atoms with E-state index in [1.165, 1.54) is 5.56 Å². The van der Waals surface area contributed by atoms with Gasteiger partial charge in [-0.1, -0.05) is 44.1 Å². The maximum atomic E-state index is 12.3. The lowest BCUT2D eigenvalue weighted by Crippen LogP contribution is -2.14. The van der Waals surface area contributed by atoms with Gasteiger partial charge in [-0.3, -0.25) is 15.1 Å². The number of aromatic nitrogens is 2. The number of rotatable bonds is 3. The summed E-state index contributed by atoms with van der Waals surface area (Å²) in [5.74, 6) is 0.0553. The summed E-state index contributed by atoms with van der Waals surface area (Å²) < 4.78 is 5.17. The van der Waals surface area contributed by atoms with Gasteiger partial charge < -0.3 is 4.52 Å². The van der Waals surface area contributed by atoms with Gasteiger partial charge in [-0.05, 0) is 35.2 Å². The predicted octanol–water partition coefficient (Wildman–Crippen LogP) is 4.29. The van der Waals surface area contributed by atoms with Gasteiger partial charge in [0, 0.05) is 17.8 Å². The number of hydrogen-bond donors (Lipinski definition) is 1. The minimum absolute atomic E-state index is 0.0531. The Balaban J connectivity index is 1.72. The molecule has 122 valence electrons. The number of hydrogen-bond acceptors (Lipinski definition) is 4. The monoisotopic (exact) mass is 321 g/mol. The van der Waals surface area contributed by atoms with Gasteiger partial charge in [0.25, 0.3) is 5.91 Å². The molecule has 0 fully saturated rings. The van der Waals surface area contributed by atoms with Crippen molar-refractivity contribution in [1.82, 2.24) is 10.1 Å². The second-order valence-electron chi connectivity index (χ2n) is 6.57. The van der Waals surface area contributed by atoms with Crippen LogP contribution in [-0.2, 0) is 5.41 Å². The zero-order valence-electron chi connectivity index (χ0n) is 13.9. The number of nitrogens with zero attached hydrogens (tertiary/aromatic N) is 2. The molecule has 0 spiro atoms. The van der Waals surface area contributed by atoms with Crippen LogP contribution in [0.2, 0.25) is 0 Å². The fraction of sp³-hybridized carbons (Fsp3) is 0.211. The van der Waals surface area contributed by atoms with Crippen molar-refractivity contribution < 1.29 is 9.32 Å². The van der Waals surface area contributed by atoms with E-state index in [2.05, 4.69) is 36.2 Å². The van der Waals surface area contributed by atoms with Crippen molar-refractivity contribution in [3.63, 3.8) is 0 Å². The maximum Gasteiger partial charge on any atom is 0.258 e. The van der Waals surface area contributed by atoms with Crippen LogP contribution in [0, 0.1) is 0 Å². The van der Waals surface area contributed by atoms with Crippen LogP contribution >= 0.6 is 0 Å². The summed E-state index contributed by atoms with van der Waals surface area (Å²) in [6, 6.07) is 14.7. The number of amides is 1. The van der Waals surface area contributed by atoms with Crippen molar-refractivity contribution in [2.24, 2.45) is 0 Å². The van der Waals surface area contributed by atoms with Gasteiger partial charge in [0.05, 0.1) is 5.69 Å². The Kier molecular flexibility index (Phi) is 4.16. The van der Waals surface area contributed by atoms with Crippen LogP contribution in [0.1, 0.15) is 36.7 Å². The van der Waals surface area contributed by atoms with E-state index in [0.717, 1.165) is 0 Å². The first-order chi connectivity index (χ1) is 11.4. The number of nitrogens with one attached hydrogen (secondary N) is 1. The fourth-order valence-corrected chi connectivity index (χ4v) is 2.27. The van der Waals surface area contributed by atoms with Crippen molar-refractivity contribution in [2.75, 3.05) is 5.32 Å². The number of pyridine rings is 1. The van der Waals surface area contributed by atoms with Crippen LogP contribution in [0.5, 0.6) is 0 Å². The topological polar surface area (TPSA) is 68.0 Å². The summed E-state index contributed by atoms with van der Waals surface area (Å²) >= 11 is 0. The van der Waals surface area contributed by atoms with E-state index in [1.807, 2.05) is 42.5 Å². The molecule has 1 aromatic carbocycles. The molecule has 0 saturated heterocycles. The molecule has 0 atom stereocenters. The van der Waals surface area contributed by atoms with Crippen LogP contribution in [0.4, 0.5) is 5.88 Å². The highest BCUT2D eigenvalue weighted by Gasteiger charge is 2.15. The third-order valence-corrected chi connectivity index (χ3v) is 3.69. The largest absolute Gasteiger partial charge is 0.338 e. The van der Waals surface area contributed by atoms with Crippen molar-refractivity contribution in [3.05, 3.63) is 65.9 Å². The van der Waals surface area contributed by atoms with E-state index >= 15 is 0 Å². The highest BCUT2D eigenvalue weighted by molar-refractivity contribution is 6.03. The standard InChI is InChI=1S/C19H19N3O2/c1-19(2,3)14-9-7-13(8-10-14)18(23)21-17-12-16(22-24-17)15-6-4-5-11-20-15/h4-12H,1-3H3,(H,21,23). The lowest BCUT2D eigenvalue weighted by atomic mass is 9.87. The van der Waals surface area contributed by atoms with Crippen molar-refractivity contribution in [2.45, 2.75) is 26.2 Å². The Bertz CT molecular complexity index is 831. The summed E-state index contributed by atoms with van der Waals surface area (Å²) in [5, 5.41) is 6.64. The lowest BCUT2D eigenvalue weighted by molar-refractivity contribution is 0.102. The van der Waals surface area contributed by atoms with Crippen LogP contribution in [-0.4, -0.2) is 16.0 Å². The van der Waals surface area contributed by atoms with Crippen LogP contribution in [0.3, 0.4) is 0 Å². The van der Waals surface area contributed by atoms with Crippen molar-refractivity contribution in [1.29, 1.82) is 0 Å². The molecule has 1 N–H and O–H groups in total. The Morgan fingerprint density at radius 2 is 1.79 bits per heavy atom. The molecule has 3 rings (SSSR count). The summed E-state index contributed by atoms with van der Waals surface area (Å²) in [6.45, 7) is 6.40. The van der Waals surface area contributed by atoms with E-state index in [4.69, 9.17) is 4.52 Å². The van der Waals surface area contributed by atoms with Gasteiger partial charge in [-0.15, -0.1) is 0 Å². The zero-order valence-corrected chi connectivity index (χ0v) is 13.9. The van der Waals surface area contributed by atoms with E-state index in [9.17, 15) is 4.79 Å². The minimum Gasteiger partial charge on any atom is -0.338 e. The van der Waals surface area contributed by atoms with Gasteiger partial charge in [0.1, 0.15) is 5.69 Å². The van der Waals surface area contributed by atoms with Crippen molar-refractivity contribution >= 4 is 11.8 Å². The molecule has 0 aliphatic rings. The SMILES string of the molecule is CC(C)(C)c1ccc(C(=O)Nc2cc(-c3ccccn3)no2)cc1. The first-order valence-electron chi connectivity index (χ1n) is 7.73. The first kappa shape index (κ1) is 15.9. The molecule has 2 heterocycles. The van der Waals surface area contributed by atoms with Gasteiger partial charge >= 0.3 is 0 Å². The molecule has 1 amide bonds. The Morgan fingerprint density at radius 1 is 1.04 bits per heavy atom. The normalized spacial score (nSPS) is 11.3. The van der Waals surface area contributed by atoms with E-state index < -0.39 is 0 Å². The molecule has 5 nitrogen and oxygen atoms in total. The smallest absolute Gasteiger partial charge is 0.258 e. The number of carbonyl (C=O) groups excluding carboxylic acids is 1. The molecule has 0 unspecified atom stereocenters. The molecule has 0 aliphatic heterocycles. The Labute approximate surface area is 140 Å². The first-order valence-corrected chi connectivity index (χ1v) is 7.73. The second kappa shape index (κ2) is 6.28. The molecule has 0 radical (unpaired) electrons. The molecule has 2 aromatic heterocycles. The number of benzene rings is 1. The van der Waals surface area contributed by atoms with Gasteiger partial charge in [0.15, 0.2) is 0 Å².